The van der Waals surface area contributed by atoms with Gasteiger partial charge in [-0.15, -0.1) is 0 Å². The SMILES string of the molecule is COc1cc(C2=CC[C@@H]3CCN[C@@H]3C2)cnc1C. The molecule has 0 saturated carbocycles. The van der Waals surface area contributed by atoms with Crippen molar-refractivity contribution in [1.82, 2.24) is 10.3 Å². The summed E-state index contributed by atoms with van der Waals surface area (Å²) < 4.78 is 5.36. The Morgan fingerprint density at radius 1 is 1.44 bits per heavy atom. The first-order chi connectivity index (χ1) is 8.78. The van der Waals surface area contributed by atoms with Crippen molar-refractivity contribution in [2.45, 2.75) is 32.2 Å². The van der Waals surface area contributed by atoms with Crippen LogP contribution in [-0.2, 0) is 0 Å². The van der Waals surface area contributed by atoms with Gasteiger partial charge in [0.25, 0.3) is 0 Å². The van der Waals surface area contributed by atoms with Gasteiger partial charge in [0, 0.05) is 12.2 Å². The first kappa shape index (κ1) is 11.7. The van der Waals surface area contributed by atoms with Gasteiger partial charge in [0.1, 0.15) is 5.75 Å². The summed E-state index contributed by atoms with van der Waals surface area (Å²) in [7, 11) is 1.71. The molecule has 2 aliphatic rings. The third kappa shape index (κ3) is 2.03. The van der Waals surface area contributed by atoms with E-state index in [4.69, 9.17) is 4.74 Å². The lowest BCUT2D eigenvalue weighted by molar-refractivity contribution is 0.408. The zero-order chi connectivity index (χ0) is 12.5. The van der Waals surface area contributed by atoms with E-state index >= 15 is 0 Å². The van der Waals surface area contributed by atoms with Gasteiger partial charge in [-0.05, 0) is 55.9 Å². The van der Waals surface area contributed by atoms with E-state index in [9.17, 15) is 0 Å². The number of hydrogen-bond acceptors (Lipinski definition) is 3. The Labute approximate surface area is 108 Å². The average Bonchev–Trinajstić information content (AvgIpc) is 2.86. The Morgan fingerprint density at radius 3 is 3.17 bits per heavy atom. The number of rotatable bonds is 2. The lowest BCUT2D eigenvalue weighted by Crippen LogP contribution is -2.29. The van der Waals surface area contributed by atoms with Crippen molar-refractivity contribution in [2.24, 2.45) is 5.92 Å². The molecule has 3 rings (SSSR count). The van der Waals surface area contributed by atoms with Crippen LogP contribution in [0.5, 0.6) is 5.75 Å². The van der Waals surface area contributed by atoms with E-state index in [2.05, 4.69) is 22.4 Å². The van der Waals surface area contributed by atoms with Crippen LogP contribution in [0.15, 0.2) is 18.3 Å². The third-order valence-corrected chi connectivity index (χ3v) is 4.23. The van der Waals surface area contributed by atoms with E-state index in [0.717, 1.165) is 23.8 Å². The lowest BCUT2D eigenvalue weighted by Gasteiger charge is -2.25. The summed E-state index contributed by atoms with van der Waals surface area (Å²) in [5, 5.41) is 3.61. The second kappa shape index (κ2) is 4.73. The van der Waals surface area contributed by atoms with Crippen LogP contribution >= 0.6 is 0 Å². The summed E-state index contributed by atoms with van der Waals surface area (Å²) >= 11 is 0. The summed E-state index contributed by atoms with van der Waals surface area (Å²) in [6, 6.07) is 2.78. The number of fused-ring (bicyclic) bond motifs is 1. The van der Waals surface area contributed by atoms with Crippen LogP contribution in [0.2, 0.25) is 0 Å². The predicted molar refractivity (Wildman–Crippen MR) is 72.6 cm³/mol. The smallest absolute Gasteiger partial charge is 0.140 e. The largest absolute Gasteiger partial charge is 0.495 e. The summed E-state index contributed by atoms with van der Waals surface area (Å²) in [5.41, 5.74) is 3.58. The lowest BCUT2D eigenvalue weighted by atomic mass is 9.83. The zero-order valence-corrected chi connectivity index (χ0v) is 11.1. The average molecular weight is 244 g/mol. The second-order valence-corrected chi connectivity index (χ2v) is 5.29. The van der Waals surface area contributed by atoms with Crippen LogP contribution < -0.4 is 10.1 Å². The number of hydrogen-bond donors (Lipinski definition) is 1. The van der Waals surface area contributed by atoms with Crippen molar-refractivity contribution in [2.75, 3.05) is 13.7 Å². The highest BCUT2D eigenvalue weighted by Crippen LogP contribution is 2.35. The van der Waals surface area contributed by atoms with Crippen LogP contribution in [0, 0.1) is 12.8 Å². The molecule has 3 heteroatoms. The number of nitrogens with zero attached hydrogens (tertiary/aromatic N) is 1. The van der Waals surface area contributed by atoms with Crippen molar-refractivity contribution in [1.29, 1.82) is 0 Å². The fourth-order valence-corrected chi connectivity index (χ4v) is 3.09. The van der Waals surface area contributed by atoms with Gasteiger partial charge in [-0.1, -0.05) is 6.08 Å². The van der Waals surface area contributed by atoms with Crippen molar-refractivity contribution in [3.63, 3.8) is 0 Å². The molecular weight excluding hydrogens is 224 g/mol. The molecule has 18 heavy (non-hydrogen) atoms. The fourth-order valence-electron chi connectivity index (χ4n) is 3.09. The minimum Gasteiger partial charge on any atom is -0.495 e. The maximum absolute atomic E-state index is 5.36. The summed E-state index contributed by atoms with van der Waals surface area (Å²) in [4.78, 5) is 4.42. The van der Waals surface area contributed by atoms with Gasteiger partial charge in [-0.2, -0.15) is 0 Å². The van der Waals surface area contributed by atoms with Crippen molar-refractivity contribution in [3.05, 3.63) is 29.6 Å². The molecule has 1 saturated heterocycles. The molecule has 3 nitrogen and oxygen atoms in total. The number of allylic oxidation sites excluding steroid dienone is 1. The van der Waals surface area contributed by atoms with Crippen LogP contribution in [0.1, 0.15) is 30.5 Å². The van der Waals surface area contributed by atoms with Crippen molar-refractivity contribution in [3.8, 4) is 5.75 Å². The molecule has 1 N–H and O–H groups in total. The Kier molecular flexibility index (Phi) is 3.08. The second-order valence-electron chi connectivity index (χ2n) is 5.29. The molecule has 1 aliphatic carbocycles. The molecule has 0 unspecified atom stereocenters. The highest BCUT2D eigenvalue weighted by atomic mass is 16.5. The van der Waals surface area contributed by atoms with Crippen LogP contribution in [-0.4, -0.2) is 24.7 Å². The van der Waals surface area contributed by atoms with Crippen molar-refractivity contribution >= 4 is 5.57 Å². The third-order valence-electron chi connectivity index (χ3n) is 4.23. The molecule has 96 valence electrons. The molecule has 1 fully saturated rings. The number of methoxy groups -OCH3 is 1. The molecule has 1 aromatic heterocycles. The van der Waals surface area contributed by atoms with Crippen LogP contribution in [0.25, 0.3) is 5.57 Å². The molecule has 2 atom stereocenters. The van der Waals surface area contributed by atoms with E-state index in [1.165, 1.54) is 30.5 Å². The topological polar surface area (TPSA) is 34.1 Å². The van der Waals surface area contributed by atoms with Gasteiger partial charge in [0.15, 0.2) is 0 Å². The molecule has 0 aromatic carbocycles. The molecule has 0 bridgehead atoms. The number of ether oxygens (including phenoxy) is 1. The fraction of sp³-hybridized carbons (Fsp3) is 0.533. The quantitative estimate of drug-likeness (QED) is 0.868. The maximum Gasteiger partial charge on any atom is 0.140 e. The van der Waals surface area contributed by atoms with Gasteiger partial charge in [-0.3, -0.25) is 4.98 Å². The van der Waals surface area contributed by atoms with Gasteiger partial charge < -0.3 is 10.1 Å². The summed E-state index contributed by atoms with van der Waals surface area (Å²) in [6.07, 6.45) is 8.00. The van der Waals surface area contributed by atoms with Gasteiger partial charge in [-0.25, -0.2) is 0 Å². The van der Waals surface area contributed by atoms with Gasteiger partial charge in [0.05, 0.1) is 12.8 Å². The summed E-state index contributed by atoms with van der Waals surface area (Å²) in [6.45, 7) is 3.15. The number of nitrogens with one attached hydrogen (secondary N) is 1. The molecule has 1 aromatic rings. The minimum absolute atomic E-state index is 0.664. The Balaban J connectivity index is 1.86. The minimum atomic E-state index is 0.664. The molecule has 2 heterocycles. The number of pyridine rings is 1. The maximum atomic E-state index is 5.36. The van der Waals surface area contributed by atoms with Gasteiger partial charge >= 0.3 is 0 Å². The monoisotopic (exact) mass is 244 g/mol. The Bertz CT molecular complexity index is 481. The van der Waals surface area contributed by atoms with E-state index in [1.54, 1.807) is 7.11 Å². The predicted octanol–water partition coefficient (Wildman–Crippen LogP) is 2.55. The molecule has 0 spiro atoms. The van der Waals surface area contributed by atoms with Crippen LogP contribution in [0.3, 0.4) is 0 Å². The van der Waals surface area contributed by atoms with Crippen LogP contribution in [0.4, 0.5) is 0 Å². The first-order valence-corrected chi connectivity index (χ1v) is 6.71. The van der Waals surface area contributed by atoms with E-state index in [-0.39, 0.29) is 0 Å². The highest BCUT2D eigenvalue weighted by Gasteiger charge is 2.30. The standard InChI is InChI=1S/C15H20N2O/c1-10-15(18-2)8-13(9-17-10)12-4-3-11-5-6-16-14(11)7-12/h4,8-9,11,14,16H,3,5-7H2,1-2H3/t11-,14-/m1/s1. The van der Waals surface area contributed by atoms with E-state index in [0.29, 0.717) is 6.04 Å². The first-order valence-electron chi connectivity index (χ1n) is 6.71. The number of aryl methyl sites for hydroxylation is 1. The molecule has 0 radical (unpaired) electrons. The normalized spacial score (nSPS) is 26.7. The van der Waals surface area contributed by atoms with Crippen molar-refractivity contribution < 1.29 is 4.74 Å². The summed E-state index contributed by atoms with van der Waals surface area (Å²) in [5.74, 6) is 1.73. The molecule has 0 amide bonds. The Morgan fingerprint density at radius 2 is 2.33 bits per heavy atom. The van der Waals surface area contributed by atoms with E-state index < -0.39 is 0 Å². The Hall–Kier alpha value is -1.35. The highest BCUT2D eigenvalue weighted by molar-refractivity contribution is 5.67. The van der Waals surface area contributed by atoms with E-state index in [1.807, 2.05) is 13.1 Å². The molecular formula is C15H20N2O. The molecule has 1 aliphatic heterocycles. The number of aromatic nitrogens is 1. The zero-order valence-electron chi connectivity index (χ0n) is 11.1. The van der Waals surface area contributed by atoms with Gasteiger partial charge in [0.2, 0.25) is 0 Å².